The Kier molecular flexibility index (Phi) is 5.66. The zero-order chi connectivity index (χ0) is 16.2. The molecule has 0 aliphatic carbocycles. The van der Waals surface area contributed by atoms with Gasteiger partial charge in [-0.05, 0) is 39.3 Å². The van der Waals surface area contributed by atoms with Crippen molar-refractivity contribution < 1.29 is 19.5 Å². The molecule has 1 rings (SSSR count). The fourth-order valence-electron chi connectivity index (χ4n) is 1.48. The van der Waals surface area contributed by atoms with E-state index in [1.165, 1.54) is 18.7 Å². The minimum absolute atomic E-state index is 0.000428. The highest BCUT2D eigenvalue weighted by molar-refractivity contribution is 7.12. The maximum absolute atomic E-state index is 11.7. The summed E-state index contributed by atoms with van der Waals surface area (Å²) in [5.41, 5.74) is 1.06. The van der Waals surface area contributed by atoms with Crippen molar-refractivity contribution in [1.29, 1.82) is 0 Å². The van der Waals surface area contributed by atoms with Crippen LogP contribution in [0.2, 0.25) is 0 Å². The van der Waals surface area contributed by atoms with Crippen LogP contribution in [0.15, 0.2) is 17.2 Å². The van der Waals surface area contributed by atoms with Gasteiger partial charge in [-0.2, -0.15) is 0 Å². The zero-order valence-electron chi connectivity index (χ0n) is 12.4. The van der Waals surface area contributed by atoms with E-state index in [9.17, 15) is 14.4 Å². The van der Waals surface area contributed by atoms with Crippen molar-refractivity contribution >= 4 is 29.2 Å². The molecule has 0 radical (unpaired) electrons. The van der Waals surface area contributed by atoms with Gasteiger partial charge in [0.2, 0.25) is 0 Å². The number of hydrogen-bond donors (Lipinski definition) is 3. The third kappa shape index (κ3) is 4.71. The van der Waals surface area contributed by atoms with Crippen LogP contribution in [0.25, 0.3) is 0 Å². The first-order valence-corrected chi connectivity index (χ1v) is 7.10. The maximum atomic E-state index is 11.7. The lowest BCUT2D eigenvalue weighted by Gasteiger charge is -2.07. The number of hydrogen-bond acceptors (Lipinski definition) is 4. The second-order valence-corrected chi connectivity index (χ2v) is 5.98. The van der Waals surface area contributed by atoms with Crippen LogP contribution in [0, 0.1) is 13.8 Å². The molecule has 1 aromatic heterocycles. The molecule has 3 N–H and O–H groups in total. The summed E-state index contributed by atoms with van der Waals surface area (Å²) in [6.45, 7) is 6.97. The van der Waals surface area contributed by atoms with Crippen LogP contribution in [0.3, 0.4) is 0 Å². The van der Waals surface area contributed by atoms with Gasteiger partial charge >= 0.3 is 12.0 Å². The number of thiophene rings is 1. The highest BCUT2D eigenvalue weighted by Gasteiger charge is 2.15. The highest BCUT2D eigenvalue weighted by atomic mass is 32.1. The largest absolute Gasteiger partial charge is 0.478 e. The first-order valence-electron chi connectivity index (χ1n) is 6.28. The second kappa shape index (κ2) is 7.03. The summed E-state index contributed by atoms with van der Waals surface area (Å²) in [6, 6.07) is 1.32. The van der Waals surface area contributed by atoms with Crippen molar-refractivity contribution in [3.63, 3.8) is 0 Å². The Morgan fingerprint density at radius 3 is 2.29 bits per heavy atom. The van der Waals surface area contributed by atoms with Crippen LogP contribution in [0.5, 0.6) is 0 Å². The Labute approximate surface area is 126 Å². The number of rotatable bonds is 4. The lowest BCUT2D eigenvalue weighted by Crippen LogP contribution is -2.39. The third-order valence-electron chi connectivity index (χ3n) is 3.09. The van der Waals surface area contributed by atoms with Crippen LogP contribution in [0.4, 0.5) is 4.79 Å². The molecule has 3 amide bonds. The highest BCUT2D eigenvalue weighted by Crippen LogP contribution is 2.20. The van der Waals surface area contributed by atoms with Crippen LogP contribution in [0.1, 0.15) is 29.2 Å². The minimum atomic E-state index is -1.19. The van der Waals surface area contributed by atoms with E-state index in [0.29, 0.717) is 6.54 Å². The zero-order valence-corrected chi connectivity index (χ0v) is 13.2. The van der Waals surface area contributed by atoms with E-state index in [4.69, 9.17) is 5.11 Å². The molecule has 0 bridgehead atoms. The predicted octanol–water partition coefficient (Wildman–Crippen LogP) is 2.11. The smallest absolute Gasteiger partial charge is 0.331 e. The van der Waals surface area contributed by atoms with Crippen molar-refractivity contribution in [2.75, 3.05) is 0 Å². The summed E-state index contributed by atoms with van der Waals surface area (Å²) in [5, 5.41) is 13.4. The molecule has 0 aromatic carbocycles. The molecule has 114 valence electrons. The predicted molar refractivity (Wildman–Crippen MR) is 80.2 cm³/mol. The van der Waals surface area contributed by atoms with E-state index in [0.717, 1.165) is 10.4 Å². The van der Waals surface area contributed by atoms with Gasteiger partial charge in [0.05, 0.1) is 6.54 Å². The van der Waals surface area contributed by atoms with E-state index in [1.807, 2.05) is 19.9 Å². The van der Waals surface area contributed by atoms with Crippen LogP contribution >= 0.6 is 11.3 Å². The first kappa shape index (κ1) is 16.9. The van der Waals surface area contributed by atoms with Crippen LogP contribution in [-0.4, -0.2) is 23.0 Å². The number of nitrogens with one attached hydrogen (secondary N) is 2. The van der Waals surface area contributed by atoms with Gasteiger partial charge in [0.1, 0.15) is 0 Å². The standard InChI is InChI=1S/C14H18N2O4S/c1-7-5-11(21-10(7)4)6-15-14(20)16-12(17)8(2)9(3)13(18)19/h5H,6H2,1-4H3,(H,18,19)(H2,15,16,17,20). The second-order valence-electron chi connectivity index (χ2n) is 4.64. The molecule has 0 atom stereocenters. The molecule has 21 heavy (non-hydrogen) atoms. The molecule has 0 saturated carbocycles. The summed E-state index contributed by atoms with van der Waals surface area (Å²) < 4.78 is 0. The van der Waals surface area contributed by atoms with Crippen molar-refractivity contribution in [3.8, 4) is 0 Å². The van der Waals surface area contributed by atoms with Gasteiger partial charge in [-0.1, -0.05) is 0 Å². The number of aryl methyl sites for hydroxylation is 2. The lowest BCUT2D eigenvalue weighted by molar-refractivity contribution is -0.133. The normalized spacial score (nSPS) is 11.6. The van der Waals surface area contributed by atoms with Crippen LogP contribution in [-0.2, 0) is 16.1 Å². The topological polar surface area (TPSA) is 95.5 Å². The molecule has 6 nitrogen and oxygen atoms in total. The molecule has 0 aliphatic rings. The van der Waals surface area contributed by atoms with Gasteiger partial charge in [-0.15, -0.1) is 11.3 Å². The van der Waals surface area contributed by atoms with Gasteiger partial charge in [-0.3, -0.25) is 10.1 Å². The summed E-state index contributed by atoms with van der Waals surface area (Å²) in [4.78, 5) is 36.2. The summed E-state index contributed by atoms with van der Waals surface area (Å²) >= 11 is 1.58. The number of imide groups is 1. The summed E-state index contributed by atoms with van der Waals surface area (Å²) in [6.07, 6.45) is 0. The molecule has 0 unspecified atom stereocenters. The van der Waals surface area contributed by atoms with E-state index >= 15 is 0 Å². The average molecular weight is 310 g/mol. The fraction of sp³-hybridized carbons (Fsp3) is 0.357. The number of urea groups is 1. The summed E-state index contributed by atoms with van der Waals surface area (Å²) in [5.74, 6) is -1.90. The molecule has 0 saturated heterocycles. The Morgan fingerprint density at radius 1 is 1.19 bits per heavy atom. The molecule has 0 aliphatic heterocycles. The monoisotopic (exact) mass is 310 g/mol. The van der Waals surface area contributed by atoms with Crippen molar-refractivity contribution in [2.24, 2.45) is 0 Å². The number of carboxylic acid groups (broad SMARTS) is 1. The van der Waals surface area contributed by atoms with Crippen molar-refractivity contribution in [2.45, 2.75) is 34.2 Å². The number of carbonyl (C=O) groups is 3. The van der Waals surface area contributed by atoms with Crippen molar-refractivity contribution in [1.82, 2.24) is 10.6 Å². The SMILES string of the molecule is CC(C(=O)O)=C(C)C(=O)NC(=O)NCc1cc(C)c(C)s1. The quantitative estimate of drug-likeness (QED) is 0.742. The Morgan fingerprint density at radius 2 is 1.81 bits per heavy atom. The number of aliphatic carboxylic acids is 1. The molecule has 0 spiro atoms. The average Bonchev–Trinajstić information content (AvgIpc) is 2.73. The van der Waals surface area contributed by atoms with Crippen molar-refractivity contribution in [3.05, 3.63) is 32.5 Å². The van der Waals surface area contributed by atoms with Crippen LogP contribution < -0.4 is 10.6 Å². The Bertz CT molecular complexity index is 597. The van der Waals surface area contributed by atoms with E-state index in [1.54, 1.807) is 11.3 Å². The molecular weight excluding hydrogens is 292 g/mol. The first-order chi connectivity index (χ1) is 9.72. The van der Waals surface area contributed by atoms with E-state index < -0.39 is 17.9 Å². The Balaban J connectivity index is 2.56. The van der Waals surface area contributed by atoms with Gasteiger partial charge in [0.15, 0.2) is 0 Å². The van der Waals surface area contributed by atoms with Gasteiger partial charge in [-0.25, -0.2) is 9.59 Å². The molecule has 7 heteroatoms. The lowest BCUT2D eigenvalue weighted by atomic mass is 10.1. The fourth-order valence-corrected chi connectivity index (χ4v) is 2.47. The van der Waals surface area contributed by atoms with Gasteiger partial charge < -0.3 is 10.4 Å². The van der Waals surface area contributed by atoms with E-state index in [2.05, 4.69) is 10.6 Å². The Hall–Kier alpha value is -2.15. The molecule has 0 fully saturated rings. The number of carbonyl (C=O) groups excluding carboxylic acids is 2. The van der Waals surface area contributed by atoms with Gasteiger partial charge in [0, 0.05) is 20.9 Å². The third-order valence-corrected chi connectivity index (χ3v) is 4.24. The van der Waals surface area contributed by atoms with E-state index in [-0.39, 0.29) is 11.1 Å². The molecule has 1 aromatic rings. The minimum Gasteiger partial charge on any atom is -0.478 e. The summed E-state index contributed by atoms with van der Waals surface area (Å²) in [7, 11) is 0. The van der Waals surface area contributed by atoms with Gasteiger partial charge in [0.25, 0.3) is 5.91 Å². The number of amides is 3. The molecular formula is C14H18N2O4S. The molecule has 1 heterocycles. The maximum Gasteiger partial charge on any atom is 0.331 e. The number of carboxylic acids is 1.